The molecule has 182 valence electrons. The summed E-state index contributed by atoms with van der Waals surface area (Å²) in [6, 6.07) is 13.6. The van der Waals surface area contributed by atoms with Crippen LogP contribution in [0.1, 0.15) is 74.3 Å². The Morgan fingerprint density at radius 2 is 1.53 bits per heavy atom. The fraction of sp³-hybridized carbons (Fsp3) is 0.429. The van der Waals surface area contributed by atoms with E-state index in [0.29, 0.717) is 23.4 Å². The van der Waals surface area contributed by atoms with E-state index in [4.69, 9.17) is 0 Å². The zero-order chi connectivity index (χ0) is 25.3. The number of phenolic OH excluding ortho intramolecular Hbond substituents is 1. The summed E-state index contributed by atoms with van der Waals surface area (Å²) in [5.41, 5.74) is 3.82. The minimum atomic E-state index is -0.319. The van der Waals surface area contributed by atoms with E-state index in [2.05, 4.69) is 4.99 Å². The molecule has 0 aliphatic heterocycles. The first-order valence-electron chi connectivity index (χ1n) is 11.6. The first kappa shape index (κ1) is 25.5. The average molecular weight is 464 g/mol. The van der Waals surface area contributed by atoms with Gasteiger partial charge in [0, 0.05) is 29.9 Å². The molecular formula is C28H37N3O3. The van der Waals surface area contributed by atoms with Crippen molar-refractivity contribution < 1.29 is 15.0 Å². The van der Waals surface area contributed by atoms with Crippen LogP contribution in [-0.2, 0) is 30.5 Å². The number of nitrogens with zero attached hydrogens (tertiary/aromatic N) is 3. The second-order valence-electron chi connectivity index (χ2n) is 10.8. The van der Waals surface area contributed by atoms with Gasteiger partial charge in [-0.2, -0.15) is 0 Å². The number of phenols is 1. The van der Waals surface area contributed by atoms with Crippen LogP contribution in [-0.4, -0.2) is 32.2 Å². The number of aliphatic hydroxyl groups is 1. The maximum Gasteiger partial charge on any atom is 0.205 e. The van der Waals surface area contributed by atoms with E-state index in [9.17, 15) is 15.0 Å². The number of hydrogen-bond acceptors (Lipinski definition) is 4. The van der Waals surface area contributed by atoms with E-state index >= 15 is 0 Å². The fourth-order valence-electron chi connectivity index (χ4n) is 4.21. The molecule has 6 nitrogen and oxygen atoms in total. The summed E-state index contributed by atoms with van der Waals surface area (Å²) in [5, 5.41) is 21.0. The minimum absolute atomic E-state index is 0.0766. The molecule has 0 saturated carbocycles. The van der Waals surface area contributed by atoms with Crippen LogP contribution < -0.4 is 5.62 Å². The number of aromatic nitrogens is 2. The molecule has 34 heavy (non-hydrogen) atoms. The number of hydrogen-bond donors (Lipinski definition) is 2. The lowest BCUT2D eigenvalue weighted by atomic mass is 9.78. The molecule has 0 spiro atoms. The van der Waals surface area contributed by atoms with Gasteiger partial charge in [-0.15, -0.1) is 0 Å². The number of imidazole rings is 1. The Labute approximate surface area is 202 Å². The van der Waals surface area contributed by atoms with E-state index in [1.807, 2.05) is 88.6 Å². The van der Waals surface area contributed by atoms with Crippen molar-refractivity contribution in [1.82, 2.24) is 9.13 Å². The highest BCUT2D eigenvalue weighted by atomic mass is 16.3. The molecule has 2 N–H and O–H groups in total. The van der Waals surface area contributed by atoms with Gasteiger partial charge in [0.1, 0.15) is 5.75 Å². The van der Waals surface area contributed by atoms with Crippen LogP contribution in [0, 0.1) is 0 Å². The van der Waals surface area contributed by atoms with Gasteiger partial charge in [0.05, 0.1) is 25.4 Å². The van der Waals surface area contributed by atoms with Crippen molar-refractivity contribution in [2.75, 3.05) is 7.05 Å². The predicted octanol–water partition coefficient (Wildman–Crippen LogP) is 4.54. The molecule has 1 heterocycles. The summed E-state index contributed by atoms with van der Waals surface area (Å²) in [4.78, 5) is 17.9. The van der Waals surface area contributed by atoms with Crippen LogP contribution in [0.3, 0.4) is 0 Å². The maximum absolute atomic E-state index is 13.5. The van der Waals surface area contributed by atoms with Gasteiger partial charge in [-0.3, -0.25) is 9.79 Å². The number of aromatic hydroxyl groups is 1. The lowest BCUT2D eigenvalue weighted by Crippen LogP contribution is -2.29. The van der Waals surface area contributed by atoms with Crippen molar-refractivity contribution in [3.8, 4) is 5.75 Å². The molecule has 3 rings (SSSR count). The molecule has 0 aliphatic rings. The van der Waals surface area contributed by atoms with Crippen LogP contribution in [0.4, 0.5) is 0 Å². The molecule has 0 unspecified atom stereocenters. The molecular weight excluding hydrogens is 426 g/mol. The topological polar surface area (TPSA) is 79.8 Å². The first-order valence-corrected chi connectivity index (χ1v) is 11.6. The Kier molecular flexibility index (Phi) is 7.22. The van der Waals surface area contributed by atoms with Gasteiger partial charge in [-0.05, 0) is 28.5 Å². The molecule has 1 aromatic heterocycles. The number of benzene rings is 2. The van der Waals surface area contributed by atoms with Gasteiger partial charge >= 0.3 is 0 Å². The summed E-state index contributed by atoms with van der Waals surface area (Å²) in [6.45, 7) is 12.7. The van der Waals surface area contributed by atoms with Gasteiger partial charge in [0.15, 0.2) is 5.78 Å². The van der Waals surface area contributed by atoms with E-state index in [1.165, 1.54) is 0 Å². The Bertz CT molecular complexity index is 1200. The van der Waals surface area contributed by atoms with E-state index in [-0.39, 0.29) is 35.5 Å². The summed E-state index contributed by atoms with van der Waals surface area (Å²) < 4.78 is 3.72. The smallest absolute Gasteiger partial charge is 0.205 e. The van der Waals surface area contributed by atoms with E-state index < -0.39 is 0 Å². The van der Waals surface area contributed by atoms with E-state index in [1.54, 1.807) is 17.8 Å². The Hall–Kier alpha value is -3.12. The van der Waals surface area contributed by atoms with Gasteiger partial charge in [0.25, 0.3) is 0 Å². The molecule has 0 aliphatic carbocycles. The third-order valence-corrected chi connectivity index (χ3v) is 6.06. The molecule has 0 radical (unpaired) electrons. The minimum Gasteiger partial charge on any atom is -0.507 e. The lowest BCUT2D eigenvalue weighted by molar-refractivity contribution is 0.0970. The fourth-order valence-corrected chi connectivity index (χ4v) is 4.21. The van der Waals surface area contributed by atoms with Crippen LogP contribution in [0.25, 0.3) is 0 Å². The van der Waals surface area contributed by atoms with Crippen LogP contribution in [0.2, 0.25) is 0 Å². The summed E-state index contributed by atoms with van der Waals surface area (Å²) in [5.74, 6) is 0.178. The molecule has 3 aromatic rings. The highest BCUT2D eigenvalue weighted by Crippen LogP contribution is 2.39. The van der Waals surface area contributed by atoms with Gasteiger partial charge < -0.3 is 19.3 Å². The first-order chi connectivity index (χ1) is 15.9. The quantitative estimate of drug-likeness (QED) is 0.527. The maximum atomic E-state index is 13.5. The van der Waals surface area contributed by atoms with Gasteiger partial charge in [0.2, 0.25) is 5.62 Å². The largest absolute Gasteiger partial charge is 0.507 e. The Morgan fingerprint density at radius 3 is 2.00 bits per heavy atom. The van der Waals surface area contributed by atoms with Crippen LogP contribution in [0.5, 0.6) is 5.75 Å². The third kappa shape index (κ3) is 5.33. The van der Waals surface area contributed by atoms with Crippen LogP contribution >= 0.6 is 0 Å². The molecule has 6 heteroatoms. The number of carbonyl (C=O) groups excluding carboxylic acids is 1. The van der Waals surface area contributed by atoms with E-state index in [0.717, 1.165) is 16.7 Å². The van der Waals surface area contributed by atoms with Crippen molar-refractivity contribution in [2.24, 2.45) is 4.99 Å². The number of Topliss-reactive ketones (excluding diaryl/α,β-unsaturated/α-hetero) is 1. The van der Waals surface area contributed by atoms with Crippen molar-refractivity contribution in [1.29, 1.82) is 0 Å². The van der Waals surface area contributed by atoms with Crippen molar-refractivity contribution in [2.45, 2.75) is 72.1 Å². The number of rotatable bonds is 6. The van der Waals surface area contributed by atoms with Gasteiger partial charge in [-0.25, -0.2) is 0 Å². The van der Waals surface area contributed by atoms with Crippen LogP contribution in [0.15, 0.2) is 53.7 Å². The molecule has 0 atom stereocenters. The second-order valence-corrected chi connectivity index (χ2v) is 10.8. The zero-order valence-corrected chi connectivity index (χ0v) is 21.4. The molecule has 0 bridgehead atoms. The number of carbonyl (C=O) groups is 1. The third-order valence-electron chi connectivity index (χ3n) is 6.06. The molecule has 2 aromatic carbocycles. The summed E-state index contributed by atoms with van der Waals surface area (Å²) >= 11 is 0. The zero-order valence-electron chi connectivity index (χ0n) is 21.4. The monoisotopic (exact) mass is 463 g/mol. The van der Waals surface area contributed by atoms with Crippen molar-refractivity contribution >= 4 is 5.78 Å². The van der Waals surface area contributed by atoms with Crippen molar-refractivity contribution in [3.63, 3.8) is 0 Å². The number of aliphatic hydroxyl groups excluding tert-OH is 1. The molecule has 0 fully saturated rings. The highest BCUT2D eigenvalue weighted by molar-refractivity contribution is 5.96. The SMILES string of the molecule is C/N=c1/n(CC(=O)c2cc(C(C)(C)C)c(O)c(C(C)(C)C)c2)cc(CO)n1Cc1ccccc1. The van der Waals surface area contributed by atoms with Gasteiger partial charge in [-0.1, -0.05) is 71.9 Å². The number of ketones is 1. The standard InChI is InChI=1S/C28H37N3O3/c1-27(2,3)22-13-20(14-23(25(22)34)28(4,5)6)24(33)17-30-16-21(18-32)31(26(30)29-7)15-19-11-9-8-10-12-19/h8-14,16,32,34H,15,17-18H2,1-7H3/b29-26-. The summed E-state index contributed by atoms with van der Waals surface area (Å²) in [7, 11) is 1.69. The summed E-state index contributed by atoms with van der Waals surface area (Å²) in [6.07, 6.45) is 1.79. The predicted molar refractivity (Wildman–Crippen MR) is 135 cm³/mol. The Balaban J connectivity index is 2.05. The van der Waals surface area contributed by atoms with Crippen molar-refractivity contribution in [3.05, 3.63) is 82.2 Å². The normalized spacial score (nSPS) is 12.9. The average Bonchev–Trinajstić information content (AvgIpc) is 3.08. The Morgan fingerprint density at radius 1 is 0.971 bits per heavy atom. The molecule has 0 saturated heterocycles. The molecule has 0 amide bonds. The second kappa shape index (κ2) is 9.63. The lowest BCUT2D eigenvalue weighted by Gasteiger charge is -2.28. The highest BCUT2D eigenvalue weighted by Gasteiger charge is 2.28.